The molecule has 2 aromatic heterocycles. The molecule has 2 aromatic carbocycles. The summed E-state index contributed by atoms with van der Waals surface area (Å²) in [5, 5.41) is 0.299. The third kappa shape index (κ3) is 8.00. The quantitative estimate of drug-likeness (QED) is 0.192. The fraction of sp³-hybridized carbons (Fsp3) is 0.192. The average molecular weight is 613 g/mol. The van der Waals surface area contributed by atoms with E-state index in [-0.39, 0.29) is 49.3 Å². The molecule has 0 fully saturated rings. The third-order valence-corrected chi connectivity index (χ3v) is 5.60. The molecule has 4 rings (SSSR count). The first-order valence-corrected chi connectivity index (χ1v) is 11.6. The second-order valence-corrected chi connectivity index (χ2v) is 8.63. The van der Waals surface area contributed by atoms with Crippen molar-refractivity contribution in [3.8, 4) is 11.5 Å². The zero-order chi connectivity index (χ0) is 24.8. The number of nitrogens with zero attached hydrogens (tertiary/aromatic N) is 2. The van der Waals surface area contributed by atoms with Gasteiger partial charge < -0.3 is 19.9 Å². The van der Waals surface area contributed by atoms with Gasteiger partial charge in [0.05, 0.1) is 18.8 Å². The lowest BCUT2D eigenvalue weighted by Gasteiger charge is -2.17. The van der Waals surface area contributed by atoms with E-state index in [0.717, 1.165) is 17.5 Å². The number of benzene rings is 2. The van der Waals surface area contributed by atoms with E-state index in [0.29, 0.717) is 27.7 Å². The second-order valence-electron chi connectivity index (χ2n) is 7.82. The van der Waals surface area contributed by atoms with E-state index < -0.39 is 17.8 Å². The van der Waals surface area contributed by atoms with Crippen molar-refractivity contribution in [3.63, 3.8) is 0 Å². The smallest absolute Gasteiger partial charge is 0.342 e. The number of halogens is 4. The summed E-state index contributed by atoms with van der Waals surface area (Å²) in [6, 6.07) is 16.9. The van der Waals surface area contributed by atoms with E-state index in [4.69, 9.17) is 19.9 Å². The highest BCUT2D eigenvalue weighted by molar-refractivity contribution is 9.10. The van der Waals surface area contributed by atoms with Crippen molar-refractivity contribution in [1.29, 1.82) is 0 Å². The number of carbonyl (C=O) groups is 1. The van der Waals surface area contributed by atoms with Crippen LogP contribution in [0.1, 0.15) is 21.6 Å². The van der Waals surface area contributed by atoms with Crippen LogP contribution in [0.15, 0.2) is 71.5 Å². The third-order valence-electron chi connectivity index (χ3n) is 5.19. The fourth-order valence-electron chi connectivity index (χ4n) is 3.55. The van der Waals surface area contributed by atoms with Crippen LogP contribution >= 0.6 is 40.7 Å². The summed E-state index contributed by atoms with van der Waals surface area (Å²) in [6.07, 6.45) is 1.50. The minimum atomic E-state index is -0.645. The van der Waals surface area contributed by atoms with Crippen molar-refractivity contribution < 1.29 is 23.4 Å². The SMILES string of the molecule is COc1cc(Br)nc(C[C@@H](N)COc2ccc3ncc(F)cc3c2C(=O)OCc2ccccc2)c1.Cl.Cl. The molecule has 37 heavy (non-hydrogen) atoms. The van der Waals surface area contributed by atoms with Gasteiger partial charge in [0, 0.05) is 35.7 Å². The summed E-state index contributed by atoms with van der Waals surface area (Å²) in [7, 11) is 1.57. The Hall–Kier alpha value is -2.98. The summed E-state index contributed by atoms with van der Waals surface area (Å²) in [5.74, 6) is -0.326. The molecule has 0 spiro atoms. The minimum absolute atomic E-state index is 0. The molecule has 0 bridgehead atoms. The molecule has 7 nitrogen and oxygen atoms in total. The van der Waals surface area contributed by atoms with E-state index in [1.807, 2.05) is 30.3 Å². The summed E-state index contributed by atoms with van der Waals surface area (Å²) < 4.78 is 31.4. The van der Waals surface area contributed by atoms with Crippen LogP contribution in [0, 0.1) is 5.82 Å². The van der Waals surface area contributed by atoms with Crippen LogP contribution in [-0.4, -0.2) is 35.7 Å². The molecule has 11 heteroatoms. The number of rotatable bonds is 9. The molecule has 0 amide bonds. The van der Waals surface area contributed by atoms with Crippen LogP contribution < -0.4 is 15.2 Å². The number of hydrogen-bond donors (Lipinski definition) is 1. The zero-order valence-corrected chi connectivity index (χ0v) is 22.9. The molecule has 0 radical (unpaired) electrons. The van der Waals surface area contributed by atoms with Gasteiger partial charge in [-0.1, -0.05) is 30.3 Å². The van der Waals surface area contributed by atoms with Gasteiger partial charge in [-0.2, -0.15) is 0 Å². The molecule has 0 aliphatic heterocycles. The molecule has 196 valence electrons. The minimum Gasteiger partial charge on any atom is -0.497 e. The highest BCUT2D eigenvalue weighted by atomic mass is 79.9. The maximum atomic E-state index is 14.0. The van der Waals surface area contributed by atoms with Crippen molar-refractivity contribution in [2.24, 2.45) is 5.73 Å². The number of esters is 1. The number of ether oxygens (including phenoxy) is 3. The standard InChI is InChI=1S/C26H23BrFN3O4.2ClH/c1-33-20-11-19(31-24(27)12-20)10-18(29)15-34-23-8-7-22-21(9-17(28)13-30-22)25(23)26(32)35-14-16-5-3-2-4-6-16;;/h2-9,11-13,18H,10,14-15,29H2,1H3;2*1H/t18-;;/m1../s1. The topological polar surface area (TPSA) is 96.6 Å². The van der Waals surface area contributed by atoms with Gasteiger partial charge in [0.2, 0.25) is 0 Å². The predicted molar refractivity (Wildman–Crippen MR) is 147 cm³/mol. The highest BCUT2D eigenvalue weighted by Crippen LogP contribution is 2.29. The lowest BCUT2D eigenvalue weighted by Crippen LogP contribution is -2.31. The van der Waals surface area contributed by atoms with E-state index in [9.17, 15) is 9.18 Å². The maximum absolute atomic E-state index is 14.0. The molecule has 0 aliphatic carbocycles. The number of fused-ring (bicyclic) bond motifs is 1. The number of carbonyl (C=O) groups excluding carboxylic acids is 1. The highest BCUT2D eigenvalue weighted by Gasteiger charge is 2.21. The van der Waals surface area contributed by atoms with Crippen molar-refractivity contribution in [1.82, 2.24) is 9.97 Å². The first-order chi connectivity index (χ1) is 16.9. The van der Waals surface area contributed by atoms with Gasteiger partial charge in [0.15, 0.2) is 0 Å². The lowest BCUT2D eigenvalue weighted by atomic mass is 10.1. The number of methoxy groups -OCH3 is 1. The van der Waals surface area contributed by atoms with Crippen LogP contribution in [0.5, 0.6) is 11.5 Å². The van der Waals surface area contributed by atoms with Gasteiger partial charge in [-0.25, -0.2) is 14.2 Å². The number of nitrogens with two attached hydrogens (primary N) is 1. The van der Waals surface area contributed by atoms with E-state index in [1.54, 1.807) is 31.4 Å². The van der Waals surface area contributed by atoms with Gasteiger partial charge in [0.1, 0.15) is 40.7 Å². The number of aromatic nitrogens is 2. The normalized spacial score (nSPS) is 11.1. The summed E-state index contributed by atoms with van der Waals surface area (Å²) in [5.41, 5.74) is 8.37. The molecule has 0 saturated heterocycles. The monoisotopic (exact) mass is 611 g/mol. The van der Waals surface area contributed by atoms with E-state index >= 15 is 0 Å². The van der Waals surface area contributed by atoms with Gasteiger partial charge in [-0.15, -0.1) is 24.8 Å². The van der Waals surface area contributed by atoms with Gasteiger partial charge >= 0.3 is 5.97 Å². The summed E-state index contributed by atoms with van der Waals surface area (Å²) in [4.78, 5) is 21.6. The van der Waals surface area contributed by atoms with Crippen molar-refractivity contribution in [2.75, 3.05) is 13.7 Å². The zero-order valence-electron chi connectivity index (χ0n) is 19.7. The Morgan fingerprint density at radius 1 is 1.11 bits per heavy atom. The molecule has 2 heterocycles. The maximum Gasteiger partial charge on any atom is 0.342 e. The Labute approximate surface area is 234 Å². The number of pyridine rings is 2. The van der Waals surface area contributed by atoms with Crippen LogP contribution in [-0.2, 0) is 17.8 Å². The molecule has 0 saturated carbocycles. The lowest BCUT2D eigenvalue weighted by molar-refractivity contribution is 0.0470. The Morgan fingerprint density at radius 2 is 1.86 bits per heavy atom. The van der Waals surface area contributed by atoms with E-state index in [2.05, 4.69) is 25.9 Å². The first kappa shape index (κ1) is 30.2. The Balaban J connectivity index is 0.00000241. The van der Waals surface area contributed by atoms with Gasteiger partial charge in [-0.3, -0.25) is 4.98 Å². The second kappa shape index (κ2) is 14.1. The molecule has 1 atom stereocenters. The summed E-state index contributed by atoms with van der Waals surface area (Å²) >= 11 is 3.35. The van der Waals surface area contributed by atoms with Crippen LogP contribution in [0.4, 0.5) is 4.39 Å². The fourth-order valence-corrected chi connectivity index (χ4v) is 4.00. The molecule has 2 N–H and O–H groups in total. The van der Waals surface area contributed by atoms with E-state index in [1.165, 1.54) is 6.07 Å². The predicted octanol–water partition coefficient (Wildman–Crippen LogP) is 5.69. The summed E-state index contributed by atoms with van der Waals surface area (Å²) in [6.45, 7) is 0.151. The molecular formula is C26H25BrCl2FN3O4. The Morgan fingerprint density at radius 3 is 2.59 bits per heavy atom. The van der Waals surface area contributed by atoms with Crippen molar-refractivity contribution >= 4 is 57.6 Å². The Bertz CT molecular complexity index is 1350. The van der Waals surface area contributed by atoms with Crippen molar-refractivity contribution in [2.45, 2.75) is 19.1 Å². The average Bonchev–Trinajstić information content (AvgIpc) is 2.85. The van der Waals surface area contributed by atoms with Crippen molar-refractivity contribution in [3.05, 3.63) is 94.1 Å². The largest absolute Gasteiger partial charge is 0.497 e. The number of hydrogen-bond acceptors (Lipinski definition) is 7. The molecule has 0 unspecified atom stereocenters. The molecule has 0 aliphatic rings. The van der Waals surface area contributed by atoms with Crippen LogP contribution in [0.25, 0.3) is 10.9 Å². The van der Waals surface area contributed by atoms with Crippen LogP contribution in [0.3, 0.4) is 0 Å². The van der Waals surface area contributed by atoms with Gasteiger partial charge in [0.25, 0.3) is 0 Å². The Kier molecular flexibility index (Phi) is 11.5. The first-order valence-electron chi connectivity index (χ1n) is 10.8. The molecular weight excluding hydrogens is 588 g/mol. The molecule has 4 aromatic rings. The van der Waals surface area contributed by atoms with Gasteiger partial charge in [-0.05, 0) is 39.7 Å². The van der Waals surface area contributed by atoms with Crippen LogP contribution in [0.2, 0.25) is 0 Å².